The zero-order valence-corrected chi connectivity index (χ0v) is 16.8. The molecule has 0 unspecified atom stereocenters. The molecule has 2 aromatic carbocycles. The molecule has 5 rings (SSSR count). The standard InChI is InChI=1S/C23H22FN3OS/c24-16-5-8-21-15(10-16)4-6-17(26-21)13-27(18-2-1-3-20(28)11-18)19-7-9-22-23(12-19)29-14-25-22/h4-10,12,14,18,20,28H,1-3,11,13H2/t18-,20+/m0/s1. The maximum atomic E-state index is 13.5. The van der Waals surface area contributed by atoms with Crippen molar-refractivity contribution >= 4 is 38.1 Å². The van der Waals surface area contributed by atoms with Crippen LogP contribution in [0.4, 0.5) is 10.1 Å². The van der Waals surface area contributed by atoms with Crippen LogP contribution < -0.4 is 4.90 Å². The molecule has 1 aliphatic carbocycles. The van der Waals surface area contributed by atoms with Gasteiger partial charge in [-0.25, -0.2) is 9.37 Å². The SMILES string of the molecule is O[C@@H]1CCC[C@H](N(Cc2ccc3cc(F)ccc3n2)c2ccc3ncsc3c2)C1. The fraction of sp³-hybridized carbons (Fsp3) is 0.304. The minimum Gasteiger partial charge on any atom is -0.393 e. The number of aromatic nitrogens is 2. The van der Waals surface area contributed by atoms with Gasteiger partial charge < -0.3 is 10.0 Å². The molecule has 0 aliphatic heterocycles. The molecule has 1 fully saturated rings. The third kappa shape index (κ3) is 3.82. The molecule has 0 spiro atoms. The number of hydrogen-bond acceptors (Lipinski definition) is 5. The van der Waals surface area contributed by atoms with Gasteiger partial charge in [-0.2, -0.15) is 0 Å². The number of benzene rings is 2. The number of anilines is 1. The van der Waals surface area contributed by atoms with Gasteiger partial charge in [0, 0.05) is 17.1 Å². The quantitative estimate of drug-likeness (QED) is 0.499. The van der Waals surface area contributed by atoms with Crippen molar-refractivity contribution in [3.63, 3.8) is 0 Å². The second-order valence-corrected chi connectivity index (χ2v) is 8.63. The molecular formula is C23H22FN3OS. The zero-order valence-electron chi connectivity index (χ0n) is 16.0. The molecule has 1 aliphatic rings. The number of aliphatic hydroxyl groups excluding tert-OH is 1. The summed E-state index contributed by atoms with van der Waals surface area (Å²) >= 11 is 1.64. The minimum absolute atomic E-state index is 0.247. The topological polar surface area (TPSA) is 49.2 Å². The second-order valence-electron chi connectivity index (χ2n) is 7.75. The normalized spacial score (nSPS) is 19.7. The first-order valence-electron chi connectivity index (χ1n) is 9.99. The lowest BCUT2D eigenvalue weighted by Crippen LogP contribution is -2.40. The Hall–Kier alpha value is -2.57. The zero-order chi connectivity index (χ0) is 19.8. The molecule has 29 heavy (non-hydrogen) atoms. The number of fused-ring (bicyclic) bond motifs is 2. The van der Waals surface area contributed by atoms with E-state index in [0.29, 0.717) is 6.54 Å². The van der Waals surface area contributed by atoms with Gasteiger partial charge in [-0.1, -0.05) is 6.07 Å². The molecule has 4 nitrogen and oxygen atoms in total. The predicted molar refractivity (Wildman–Crippen MR) is 116 cm³/mol. The predicted octanol–water partition coefficient (Wildman–Crippen LogP) is 5.29. The minimum atomic E-state index is -0.254. The van der Waals surface area contributed by atoms with E-state index in [9.17, 15) is 9.50 Å². The number of thiazole rings is 1. The lowest BCUT2D eigenvalue weighted by Gasteiger charge is -2.37. The van der Waals surface area contributed by atoms with Gasteiger partial charge in [0.2, 0.25) is 0 Å². The fourth-order valence-electron chi connectivity index (χ4n) is 4.28. The molecule has 2 atom stereocenters. The monoisotopic (exact) mass is 407 g/mol. The third-order valence-electron chi connectivity index (χ3n) is 5.75. The van der Waals surface area contributed by atoms with Crippen LogP contribution in [0.2, 0.25) is 0 Å². The van der Waals surface area contributed by atoms with E-state index in [1.54, 1.807) is 17.4 Å². The van der Waals surface area contributed by atoms with Gasteiger partial charge in [0.25, 0.3) is 0 Å². The van der Waals surface area contributed by atoms with Crippen LogP contribution in [0.25, 0.3) is 21.1 Å². The molecule has 0 saturated heterocycles. The number of rotatable bonds is 4. The van der Waals surface area contributed by atoms with Crippen molar-refractivity contribution in [3.8, 4) is 0 Å². The Kier molecular flexibility index (Phi) is 4.89. The smallest absolute Gasteiger partial charge is 0.123 e. The summed E-state index contributed by atoms with van der Waals surface area (Å²) in [6, 6.07) is 15.2. The number of halogens is 1. The Labute approximate surface area is 172 Å². The van der Waals surface area contributed by atoms with E-state index < -0.39 is 0 Å². The molecule has 0 radical (unpaired) electrons. The first kappa shape index (κ1) is 18.5. The van der Waals surface area contributed by atoms with Crippen LogP contribution in [0.1, 0.15) is 31.4 Å². The van der Waals surface area contributed by atoms with Crippen molar-refractivity contribution in [2.24, 2.45) is 0 Å². The molecule has 148 valence electrons. The van der Waals surface area contributed by atoms with Gasteiger partial charge >= 0.3 is 0 Å². The Morgan fingerprint density at radius 1 is 1.07 bits per heavy atom. The lowest BCUT2D eigenvalue weighted by molar-refractivity contribution is 0.118. The maximum absolute atomic E-state index is 13.5. The van der Waals surface area contributed by atoms with Crippen molar-refractivity contribution in [1.82, 2.24) is 9.97 Å². The Bertz CT molecular complexity index is 1160. The summed E-state index contributed by atoms with van der Waals surface area (Å²) in [6.45, 7) is 0.648. The van der Waals surface area contributed by atoms with Gasteiger partial charge in [-0.15, -0.1) is 11.3 Å². The molecule has 1 N–H and O–H groups in total. The number of aliphatic hydroxyl groups is 1. The van der Waals surface area contributed by atoms with Crippen LogP contribution in [-0.4, -0.2) is 27.2 Å². The molecule has 6 heteroatoms. The molecule has 2 aromatic heterocycles. The summed E-state index contributed by atoms with van der Waals surface area (Å²) in [7, 11) is 0. The van der Waals surface area contributed by atoms with Gasteiger partial charge in [0.1, 0.15) is 5.82 Å². The molecule has 4 aromatic rings. The number of pyridine rings is 1. The van der Waals surface area contributed by atoms with Crippen LogP contribution in [0.15, 0.2) is 54.0 Å². The third-order valence-corrected chi connectivity index (χ3v) is 6.54. The number of hydrogen-bond donors (Lipinski definition) is 1. The summed E-state index contributed by atoms with van der Waals surface area (Å²) in [6.07, 6.45) is 3.46. The van der Waals surface area contributed by atoms with E-state index in [1.807, 2.05) is 17.6 Å². The van der Waals surface area contributed by atoms with Crippen molar-refractivity contribution < 1.29 is 9.50 Å². The average Bonchev–Trinajstić information content (AvgIpc) is 3.20. The summed E-state index contributed by atoms with van der Waals surface area (Å²) in [5.74, 6) is -0.247. The van der Waals surface area contributed by atoms with Crippen molar-refractivity contribution in [3.05, 3.63) is 65.6 Å². The Morgan fingerprint density at radius 2 is 1.97 bits per heavy atom. The van der Waals surface area contributed by atoms with Gasteiger partial charge in [0.15, 0.2) is 0 Å². The van der Waals surface area contributed by atoms with E-state index in [0.717, 1.165) is 58.2 Å². The van der Waals surface area contributed by atoms with Crippen LogP contribution in [0.5, 0.6) is 0 Å². The first-order chi connectivity index (χ1) is 14.2. The highest BCUT2D eigenvalue weighted by Gasteiger charge is 2.26. The molecule has 0 amide bonds. The van der Waals surface area contributed by atoms with Crippen LogP contribution >= 0.6 is 11.3 Å². The summed E-state index contributed by atoms with van der Waals surface area (Å²) in [4.78, 5) is 11.5. The van der Waals surface area contributed by atoms with Crippen molar-refractivity contribution in [2.45, 2.75) is 44.4 Å². The highest BCUT2D eigenvalue weighted by molar-refractivity contribution is 7.16. The van der Waals surface area contributed by atoms with Gasteiger partial charge in [0.05, 0.1) is 39.6 Å². The average molecular weight is 408 g/mol. The van der Waals surface area contributed by atoms with Crippen molar-refractivity contribution in [1.29, 1.82) is 0 Å². The highest BCUT2D eigenvalue weighted by Crippen LogP contribution is 2.32. The van der Waals surface area contributed by atoms with E-state index in [-0.39, 0.29) is 18.0 Å². The molecule has 1 saturated carbocycles. The highest BCUT2D eigenvalue weighted by atomic mass is 32.1. The molecule has 2 heterocycles. The van der Waals surface area contributed by atoms with Crippen molar-refractivity contribution in [2.75, 3.05) is 4.90 Å². The van der Waals surface area contributed by atoms with E-state index >= 15 is 0 Å². The first-order valence-corrected chi connectivity index (χ1v) is 10.9. The van der Waals surface area contributed by atoms with E-state index in [1.165, 1.54) is 12.1 Å². The molecule has 0 bridgehead atoms. The van der Waals surface area contributed by atoms with E-state index in [4.69, 9.17) is 4.98 Å². The largest absolute Gasteiger partial charge is 0.393 e. The summed E-state index contributed by atoms with van der Waals surface area (Å²) in [5, 5.41) is 11.1. The maximum Gasteiger partial charge on any atom is 0.123 e. The Balaban J connectivity index is 1.51. The Morgan fingerprint density at radius 3 is 2.86 bits per heavy atom. The van der Waals surface area contributed by atoms with Crippen LogP contribution in [-0.2, 0) is 6.54 Å². The second kappa shape index (κ2) is 7.69. The van der Waals surface area contributed by atoms with Gasteiger partial charge in [-0.05, 0) is 68.1 Å². The van der Waals surface area contributed by atoms with E-state index in [2.05, 4.69) is 28.1 Å². The summed E-state index contributed by atoms with van der Waals surface area (Å²) in [5.41, 5.74) is 5.74. The van der Waals surface area contributed by atoms with Crippen LogP contribution in [0, 0.1) is 5.82 Å². The lowest BCUT2D eigenvalue weighted by atomic mass is 9.91. The summed E-state index contributed by atoms with van der Waals surface area (Å²) < 4.78 is 14.6. The van der Waals surface area contributed by atoms with Crippen LogP contribution in [0.3, 0.4) is 0 Å². The van der Waals surface area contributed by atoms with Gasteiger partial charge in [-0.3, -0.25) is 4.98 Å². The fourth-order valence-corrected chi connectivity index (χ4v) is 4.99. The number of nitrogens with zero attached hydrogens (tertiary/aromatic N) is 3. The molecular weight excluding hydrogens is 385 g/mol.